The van der Waals surface area contributed by atoms with Crippen molar-refractivity contribution < 1.29 is 13.2 Å². The van der Waals surface area contributed by atoms with Crippen LogP contribution in [0.25, 0.3) is 0 Å². The molecule has 6 heteroatoms. The van der Waals surface area contributed by atoms with Crippen molar-refractivity contribution in [3.05, 3.63) is 0 Å². The Morgan fingerprint density at radius 1 is 1.21 bits per heavy atom. The summed E-state index contributed by atoms with van der Waals surface area (Å²) in [5.74, 6) is 1.00. The van der Waals surface area contributed by atoms with Gasteiger partial charge in [0.15, 0.2) is 0 Å². The van der Waals surface area contributed by atoms with Crippen LogP contribution in [0.2, 0.25) is 0 Å². The molecule has 19 heavy (non-hydrogen) atoms. The van der Waals surface area contributed by atoms with Crippen LogP contribution in [0.1, 0.15) is 32.1 Å². The highest BCUT2D eigenvalue weighted by Crippen LogP contribution is 2.39. The first kappa shape index (κ1) is 13.8. The minimum atomic E-state index is -3.17. The number of rotatable bonds is 4. The molecule has 1 aliphatic carbocycles. The van der Waals surface area contributed by atoms with Crippen molar-refractivity contribution in [2.45, 2.75) is 44.2 Å². The molecule has 2 saturated heterocycles. The van der Waals surface area contributed by atoms with E-state index in [1.165, 1.54) is 6.42 Å². The molecule has 3 atom stereocenters. The van der Waals surface area contributed by atoms with Crippen LogP contribution in [-0.2, 0) is 14.8 Å². The highest BCUT2D eigenvalue weighted by molar-refractivity contribution is 7.89. The number of sulfonamides is 1. The van der Waals surface area contributed by atoms with Crippen molar-refractivity contribution in [1.82, 2.24) is 4.31 Å². The van der Waals surface area contributed by atoms with Gasteiger partial charge in [-0.3, -0.25) is 0 Å². The highest BCUT2D eigenvalue weighted by atomic mass is 32.2. The first-order valence-corrected chi connectivity index (χ1v) is 9.00. The number of hydrogen-bond acceptors (Lipinski definition) is 4. The highest BCUT2D eigenvalue weighted by Gasteiger charge is 2.44. The first-order chi connectivity index (χ1) is 9.06. The molecule has 3 rings (SSSR count). The first-order valence-electron chi connectivity index (χ1n) is 7.39. The quantitative estimate of drug-likeness (QED) is 0.820. The van der Waals surface area contributed by atoms with E-state index in [1.807, 2.05) is 0 Å². The Balaban J connectivity index is 1.61. The van der Waals surface area contributed by atoms with E-state index in [9.17, 15) is 8.42 Å². The van der Waals surface area contributed by atoms with Crippen LogP contribution in [-0.4, -0.2) is 50.3 Å². The second kappa shape index (κ2) is 5.31. The summed E-state index contributed by atoms with van der Waals surface area (Å²) in [6.45, 7) is 2.16. The zero-order chi connectivity index (χ0) is 13.5. The largest absolute Gasteiger partial charge is 0.381 e. The van der Waals surface area contributed by atoms with E-state index < -0.39 is 10.0 Å². The number of hydrogen-bond donors (Lipinski definition) is 1. The molecule has 0 radical (unpaired) electrons. The lowest BCUT2D eigenvalue weighted by Crippen LogP contribution is -2.46. The van der Waals surface area contributed by atoms with E-state index in [0.717, 1.165) is 32.2 Å². The van der Waals surface area contributed by atoms with Crippen LogP contribution < -0.4 is 5.73 Å². The summed E-state index contributed by atoms with van der Waals surface area (Å²) in [6.07, 6.45) is 5.08. The van der Waals surface area contributed by atoms with Gasteiger partial charge in [-0.2, -0.15) is 4.31 Å². The maximum absolute atomic E-state index is 12.5. The van der Waals surface area contributed by atoms with Gasteiger partial charge in [-0.25, -0.2) is 8.42 Å². The topological polar surface area (TPSA) is 72.6 Å². The second-order valence-corrected chi connectivity index (χ2v) is 8.26. The van der Waals surface area contributed by atoms with Crippen molar-refractivity contribution >= 4 is 10.0 Å². The summed E-state index contributed by atoms with van der Waals surface area (Å²) in [5.41, 5.74) is 6.14. The van der Waals surface area contributed by atoms with Crippen LogP contribution in [0, 0.1) is 11.8 Å². The zero-order valence-electron chi connectivity index (χ0n) is 11.3. The summed E-state index contributed by atoms with van der Waals surface area (Å²) in [4.78, 5) is 0. The Hall–Kier alpha value is -0.170. The Kier molecular flexibility index (Phi) is 3.86. The monoisotopic (exact) mass is 288 g/mol. The normalized spacial score (nSPS) is 34.8. The predicted octanol–water partition coefficient (Wildman–Crippen LogP) is 0.554. The van der Waals surface area contributed by atoms with Gasteiger partial charge in [0, 0.05) is 31.8 Å². The lowest BCUT2D eigenvalue weighted by molar-refractivity contribution is 0.0604. The standard InChI is InChI=1S/C13H24N2O3S/c14-13(11-3-5-18-6-4-11)9-19(16,17)15-8-10-1-2-12(15)7-10/h10-13H,1-9,14H2. The van der Waals surface area contributed by atoms with Crippen molar-refractivity contribution in [2.75, 3.05) is 25.5 Å². The van der Waals surface area contributed by atoms with E-state index in [4.69, 9.17) is 10.5 Å². The number of ether oxygens (including phenoxy) is 1. The summed E-state index contributed by atoms with van der Waals surface area (Å²) in [6, 6.07) is 0.0184. The molecule has 1 saturated carbocycles. The van der Waals surface area contributed by atoms with Gasteiger partial charge in [0.25, 0.3) is 0 Å². The molecule has 3 fully saturated rings. The Morgan fingerprint density at radius 2 is 1.95 bits per heavy atom. The zero-order valence-corrected chi connectivity index (χ0v) is 12.1. The number of nitrogens with zero attached hydrogens (tertiary/aromatic N) is 1. The van der Waals surface area contributed by atoms with Crippen LogP contribution in [0.5, 0.6) is 0 Å². The van der Waals surface area contributed by atoms with Gasteiger partial charge in [-0.15, -0.1) is 0 Å². The summed E-state index contributed by atoms with van der Waals surface area (Å²) >= 11 is 0. The van der Waals surface area contributed by atoms with Crippen molar-refractivity contribution in [1.29, 1.82) is 0 Å². The molecule has 0 spiro atoms. The fourth-order valence-corrected chi connectivity index (χ4v) is 5.87. The van der Waals surface area contributed by atoms with E-state index >= 15 is 0 Å². The maximum atomic E-state index is 12.5. The van der Waals surface area contributed by atoms with Crippen molar-refractivity contribution in [3.63, 3.8) is 0 Å². The molecule has 0 aromatic heterocycles. The molecule has 3 aliphatic rings. The number of piperidine rings is 1. The van der Waals surface area contributed by atoms with Crippen LogP contribution >= 0.6 is 0 Å². The average molecular weight is 288 g/mol. The third-order valence-corrected chi connectivity index (χ3v) is 6.96. The van der Waals surface area contributed by atoms with Gasteiger partial charge in [0.2, 0.25) is 10.0 Å². The van der Waals surface area contributed by atoms with E-state index in [-0.39, 0.29) is 17.8 Å². The molecule has 2 bridgehead atoms. The molecule has 110 valence electrons. The van der Waals surface area contributed by atoms with E-state index in [0.29, 0.717) is 25.0 Å². The fraction of sp³-hybridized carbons (Fsp3) is 1.00. The molecule has 0 amide bonds. The Labute approximate surface area is 115 Å². The minimum absolute atomic E-state index is 0.112. The molecule has 2 N–H and O–H groups in total. The lowest BCUT2D eigenvalue weighted by Gasteiger charge is -2.31. The minimum Gasteiger partial charge on any atom is -0.381 e. The third kappa shape index (κ3) is 2.82. The summed E-state index contributed by atoms with van der Waals surface area (Å²) in [5, 5.41) is 0. The van der Waals surface area contributed by atoms with Crippen molar-refractivity contribution in [3.8, 4) is 0 Å². The molecule has 5 nitrogen and oxygen atoms in total. The summed E-state index contributed by atoms with van der Waals surface area (Å²) < 4.78 is 32.0. The molecule has 2 aliphatic heterocycles. The molecular weight excluding hydrogens is 264 g/mol. The van der Waals surface area contributed by atoms with Gasteiger partial charge < -0.3 is 10.5 Å². The van der Waals surface area contributed by atoms with Crippen LogP contribution in [0.3, 0.4) is 0 Å². The van der Waals surface area contributed by atoms with Gasteiger partial charge in [-0.05, 0) is 43.9 Å². The average Bonchev–Trinajstić information content (AvgIpc) is 3.02. The molecule has 2 heterocycles. The maximum Gasteiger partial charge on any atom is 0.215 e. The van der Waals surface area contributed by atoms with Crippen LogP contribution in [0.15, 0.2) is 0 Å². The van der Waals surface area contributed by atoms with E-state index in [2.05, 4.69) is 0 Å². The Bertz CT molecular complexity index is 420. The number of fused-ring (bicyclic) bond motifs is 2. The van der Waals surface area contributed by atoms with Crippen LogP contribution in [0.4, 0.5) is 0 Å². The summed E-state index contributed by atoms with van der Waals surface area (Å²) in [7, 11) is -3.17. The molecule has 3 unspecified atom stereocenters. The molecule has 0 aromatic rings. The number of nitrogens with two attached hydrogens (primary N) is 1. The van der Waals surface area contributed by atoms with Crippen molar-refractivity contribution in [2.24, 2.45) is 17.6 Å². The third-order valence-electron chi connectivity index (χ3n) is 4.99. The molecular formula is C13H24N2O3S. The Morgan fingerprint density at radius 3 is 2.53 bits per heavy atom. The second-order valence-electron chi connectivity index (χ2n) is 6.29. The van der Waals surface area contributed by atoms with Gasteiger partial charge >= 0.3 is 0 Å². The van der Waals surface area contributed by atoms with E-state index in [1.54, 1.807) is 4.31 Å². The molecule has 0 aromatic carbocycles. The predicted molar refractivity (Wildman–Crippen MR) is 73.1 cm³/mol. The SMILES string of the molecule is NC(CS(=O)(=O)N1CC2CCC1C2)C1CCOCC1. The lowest BCUT2D eigenvalue weighted by atomic mass is 9.94. The van der Waals surface area contributed by atoms with Gasteiger partial charge in [0.05, 0.1) is 5.75 Å². The van der Waals surface area contributed by atoms with Gasteiger partial charge in [0.1, 0.15) is 0 Å². The fourth-order valence-electron chi connectivity index (χ4n) is 3.84. The smallest absolute Gasteiger partial charge is 0.215 e. The van der Waals surface area contributed by atoms with Gasteiger partial charge in [-0.1, -0.05) is 0 Å².